The Kier molecular flexibility index (Phi) is 6.14. The molecule has 2 heteroatoms. The number of hydrogen-bond acceptors (Lipinski definition) is 1. The van der Waals surface area contributed by atoms with Crippen LogP contribution in [-0.2, 0) is 4.79 Å². The van der Waals surface area contributed by atoms with Gasteiger partial charge in [0.25, 0.3) is 0 Å². The maximum atomic E-state index is 9.94. The lowest BCUT2D eigenvalue weighted by Crippen LogP contribution is -1.96. The highest BCUT2D eigenvalue weighted by atomic mass is 16.4. The summed E-state index contributed by atoms with van der Waals surface area (Å²) in [5, 5.41) is 8.17. The molecule has 52 valence electrons. The standard InChI is InChI=1S/C6H8O2.CH4/c1-3-4-5(2)6(7)8;/h3H,1-2,4H2,(H,7,8);1H4. The van der Waals surface area contributed by atoms with Crippen LogP contribution in [0, 0.1) is 0 Å². The lowest BCUT2D eigenvalue weighted by atomic mass is 10.2. The van der Waals surface area contributed by atoms with Crippen LogP contribution in [0.15, 0.2) is 24.8 Å². The van der Waals surface area contributed by atoms with Crippen LogP contribution in [0.4, 0.5) is 0 Å². The molecule has 0 bridgehead atoms. The third-order valence-electron chi connectivity index (χ3n) is 0.693. The molecule has 0 aliphatic carbocycles. The first-order valence-electron chi connectivity index (χ1n) is 2.20. The van der Waals surface area contributed by atoms with Gasteiger partial charge in [-0.2, -0.15) is 0 Å². The largest absolute Gasteiger partial charge is 0.478 e. The average molecular weight is 128 g/mol. The second-order valence-electron chi connectivity index (χ2n) is 1.40. The Bertz CT molecular complexity index is 125. The molecule has 0 amide bonds. The van der Waals surface area contributed by atoms with Gasteiger partial charge in [-0.15, -0.1) is 6.58 Å². The number of hydrogen-bond donors (Lipinski definition) is 1. The predicted octanol–water partition coefficient (Wildman–Crippen LogP) is 1.84. The van der Waals surface area contributed by atoms with E-state index in [-0.39, 0.29) is 13.0 Å². The highest BCUT2D eigenvalue weighted by Crippen LogP contribution is 1.95. The molecule has 1 N–H and O–H groups in total. The first-order chi connectivity index (χ1) is 3.68. The number of carbonyl (C=O) groups is 1. The number of allylic oxidation sites excluding steroid dienone is 1. The summed E-state index contributed by atoms with van der Waals surface area (Å²) in [6, 6.07) is 0. The van der Waals surface area contributed by atoms with Crippen LogP contribution in [-0.4, -0.2) is 11.1 Å². The van der Waals surface area contributed by atoms with Crippen molar-refractivity contribution >= 4 is 5.97 Å². The number of carboxylic acids is 1. The van der Waals surface area contributed by atoms with E-state index in [2.05, 4.69) is 13.2 Å². The molecule has 0 saturated heterocycles. The zero-order valence-corrected chi connectivity index (χ0v) is 4.55. The van der Waals surface area contributed by atoms with Crippen molar-refractivity contribution in [1.29, 1.82) is 0 Å². The van der Waals surface area contributed by atoms with E-state index in [4.69, 9.17) is 5.11 Å². The Morgan fingerprint density at radius 3 is 2.22 bits per heavy atom. The lowest BCUT2D eigenvalue weighted by Gasteiger charge is -1.89. The molecule has 0 aliphatic rings. The van der Waals surface area contributed by atoms with Crippen molar-refractivity contribution in [3.63, 3.8) is 0 Å². The maximum absolute atomic E-state index is 9.94. The zero-order chi connectivity index (χ0) is 6.57. The van der Waals surface area contributed by atoms with Gasteiger partial charge in [0.1, 0.15) is 0 Å². The average Bonchev–Trinajstić information content (AvgIpc) is 1.67. The molecule has 0 saturated carbocycles. The second-order valence-corrected chi connectivity index (χ2v) is 1.40. The van der Waals surface area contributed by atoms with Crippen LogP contribution in [0.2, 0.25) is 0 Å². The summed E-state index contributed by atoms with van der Waals surface area (Å²) in [6.07, 6.45) is 1.87. The summed E-state index contributed by atoms with van der Waals surface area (Å²) in [6.45, 7) is 6.63. The van der Waals surface area contributed by atoms with Crippen molar-refractivity contribution < 1.29 is 9.90 Å². The van der Waals surface area contributed by atoms with E-state index < -0.39 is 5.97 Å². The number of carboxylic acid groups (broad SMARTS) is 1. The minimum Gasteiger partial charge on any atom is -0.478 e. The van der Waals surface area contributed by atoms with Gasteiger partial charge in [0, 0.05) is 5.57 Å². The Morgan fingerprint density at radius 1 is 1.67 bits per heavy atom. The molecule has 0 radical (unpaired) electrons. The number of aliphatic carboxylic acids is 1. The molecule has 0 fully saturated rings. The fraction of sp³-hybridized carbons (Fsp3) is 0.286. The van der Waals surface area contributed by atoms with Crippen molar-refractivity contribution in [3.05, 3.63) is 24.8 Å². The van der Waals surface area contributed by atoms with Gasteiger partial charge < -0.3 is 5.11 Å². The molecule has 0 spiro atoms. The minimum absolute atomic E-state index is 0. The van der Waals surface area contributed by atoms with Crippen LogP contribution in [0.25, 0.3) is 0 Å². The fourth-order valence-electron chi connectivity index (χ4n) is 0.262. The molecular formula is C7H12O2. The molecule has 0 aromatic heterocycles. The van der Waals surface area contributed by atoms with Gasteiger partial charge in [-0.1, -0.05) is 20.1 Å². The highest BCUT2D eigenvalue weighted by Gasteiger charge is 1.97. The molecule has 0 aromatic carbocycles. The normalized spacial score (nSPS) is 7.11. The fourth-order valence-corrected chi connectivity index (χ4v) is 0.262. The molecule has 0 unspecified atom stereocenters. The van der Waals surface area contributed by atoms with E-state index in [1.54, 1.807) is 0 Å². The maximum Gasteiger partial charge on any atom is 0.331 e. The van der Waals surface area contributed by atoms with Gasteiger partial charge in [-0.05, 0) is 6.42 Å². The van der Waals surface area contributed by atoms with E-state index in [1.807, 2.05) is 0 Å². The quantitative estimate of drug-likeness (QED) is 0.465. The molecule has 0 rings (SSSR count). The van der Waals surface area contributed by atoms with Crippen molar-refractivity contribution in [2.24, 2.45) is 0 Å². The number of rotatable bonds is 3. The molecule has 0 aromatic rings. The Balaban J connectivity index is 0. The monoisotopic (exact) mass is 128 g/mol. The smallest absolute Gasteiger partial charge is 0.331 e. The first-order valence-corrected chi connectivity index (χ1v) is 2.20. The molecule has 9 heavy (non-hydrogen) atoms. The third-order valence-corrected chi connectivity index (χ3v) is 0.693. The van der Waals surface area contributed by atoms with Crippen molar-refractivity contribution in [3.8, 4) is 0 Å². The topological polar surface area (TPSA) is 37.3 Å². The van der Waals surface area contributed by atoms with E-state index in [0.29, 0.717) is 6.42 Å². The van der Waals surface area contributed by atoms with Gasteiger partial charge in [0.2, 0.25) is 0 Å². The molecule has 0 aliphatic heterocycles. The van der Waals surface area contributed by atoms with Crippen LogP contribution < -0.4 is 0 Å². The van der Waals surface area contributed by atoms with Crippen molar-refractivity contribution in [2.75, 3.05) is 0 Å². The molecule has 2 nitrogen and oxygen atoms in total. The second kappa shape index (κ2) is 5.09. The Hall–Kier alpha value is -1.05. The predicted molar refractivity (Wildman–Crippen MR) is 38.3 cm³/mol. The molecular weight excluding hydrogens is 116 g/mol. The van der Waals surface area contributed by atoms with Crippen molar-refractivity contribution in [2.45, 2.75) is 13.8 Å². The summed E-state index contributed by atoms with van der Waals surface area (Å²) in [4.78, 5) is 9.94. The summed E-state index contributed by atoms with van der Waals surface area (Å²) in [5.41, 5.74) is 0.181. The summed E-state index contributed by atoms with van der Waals surface area (Å²) < 4.78 is 0. The van der Waals surface area contributed by atoms with Gasteiger partial charge in [0.05, 0.1) is 0 Å². The van der Waals surface area contributed by atoms with Crippen LogP contribution in [0.1, 0.15) is 13.8 Å². The van der Waals surface area contributed by atoms with E-state index >= 15 is 0 Å². The van der Waals surface area contributed by atoms with Gasteiger partial charge in [-0.3, -0.25) is 0 Å². The summed E-state index contributed by atoms with van der Waals surface area (Å²) in [7, 11) is 0. The Labute approximate surface area is 55.5 Å². The molecule has 0 atom stereocenters. The van der Waals surface area contributed by atoms with Crippen LogP contribution >= 0.6 is 0 Å². The molecule has 0 heterocycles. The summed E-state index contributed by atoms with van der Waals surface area (Å²) in [5.74, 6) is -0.954. The first kappa shape index (κ1) is 10.8. The summed E-state index contributed by atoms with van der Waals surface area (Å²) >= 11 is 0. The lowest BCUT2D eigenvalue weighted by molar-refractivity contribution is -0.132. The van der Waals surface area contributed by atoms with E-state index in [9.17, 15) is 4.79 Å². The van der Waals surface area contributed by atoms with Crippen molar-refractivity contribution in [1.82, 2.24) is 0 Å². The zero-order valence-electron chi connectivity index (χ0n) is 4.55. The highest BCUT2D eigenvalue weighted by molar-refractivity contribution is 5.85. The van der Waals surface area contributed by atoms with Gasteiger partial charge in [0.15, 0.2) is 0 Å². The van der Waals surface area contributed by atoms with E-state index in [1.165, 1.54) is 6.08 Å². The van der Waals surface area contributed by atoms with E-state index in [0.717, 1.165) is 0 Å². The van der Waals surface area contributed by atoms with Crippen LogP contribution in [0.3, 0.4) is 0 Å². The SMILES string of the molecule is C.C=CCC(=C)C(=O)O. The van der Waals surface area contributed by atoms with Crippen LogP contribution in [0.5, 0.6) is 0 Å². The minimum atomic E-state index is -0.954. The third kappa shape index (κ3) is 4.81. The van der Waals surface area contributed by atoms with Gasteiger partial charge in [-0.25, -0.2) is 4.79 Å². The Morgan fingerprint density at radius 2 is 2.11 bits per heavy atom. The van der Waals surface area contributed by atoms with Gasteiger partial charge >= 0.3 is 5.97 Å².